The lowest BCUT2D eigenvalue weighted by molar-refractivity contribution is 0.978. The molecule has 1 atom stereocenters. The van der Waals surface area contributed by atoms with Crippen LogP contribution in [-0.2, 0) is 0 Å². The Morgan fingerprint density at radius 1 is 1.12 bits per heavy atom. The smallest absolute Gasteiger partial charge is 0.160 e. The molecule has 4 nitrogen and oxygen atoms in total. The van der Waals surface area contributed by atoms with E-state index in [-0.39, 0.29) is 6.04 Å². The summed E-state index contributed by atoms with van der Waals surface area (Å²) in [6, 6.07) is 10.8. The zero-order chi connectivity index (χ0) is 16.3. The van der Waals surface area contributed by atoms with E-state index in [0.29, 0.717) is 0 Å². The maximum atomic E-state index is 4.28. The first-order valence-corrected chi connectivity index (χ1v) is 8.79. The summed E-state index contributed by atoms with van der Waals surface area (Å²) in [6.07, 6.45) is 3.93. The molecule has 4 aromatic rings. The van der Waals surface area contributed by atoms with Crippen LogP contribution < -0.4 is 5.32 Å². The molecule has 0 spiro atoms. The fraction of sp³-hybridized carbons (Fsp3) is 0.158. The normalized spacial score (nSPS) is 15.8. The summed E-state index contributed by atoms with van der Waals surface area (Å²) < 4.78 is 0. The molecule has 4 heterocycles. The number of rotatable bonds is 1. The first kappa shape index (κ1) is 13.7. The minimum absolute atomic E-state index is 0.114. The zero-order valence-corrected chi connectivity index (χ0v) is 14.2. The Morgan fingerprint density at radius 2 is 2.00 bits per heavy atom. The van der Waals surface area contributed by atoms with Gasteiger partial charge in [-0.2, -0.15) is 5.10 Å². The zero-order valence-electron chi connectivity index (χ0n) is 13.4. The summed E-state index contributed by atoms with van der Waals surface area (Å²) in [5.41, 5.74) is 6.85. The van der Waals surface area contributed by atoms with Crippen LogP contribution in [-0.4, -0.2) is 15.2 Å². The third-order valence-corrected chi connectivity index (χ3v) is 6.02. The maximum absolute atomic E-state index is 4.28. The average molecular weight is 332 g/mol. The van der Waals surface area contributed by atoms with Crippen LogP contribution in [0.4, 0.5) is 5.69 Å². The van der Waals surface area contributed by atoms with Crippen LogP contribution >= 0.6 is 11.3 Å². The maximum Gasteiger partial charge on any atom is 0.160 e. The third kappa shape index (κ3) is 1.85. The monoisotopic (exact) mass is 332 g/mol. The topological polar surface area (TPSA) is 53.6 Å². The highest BCUT2D eigenvalue weighted by molar-refractivity contribution is 7.12. The standard InChI is InChI=1S/C19H16N4S/c1-10-7-16(24-11(10)2)18-14-8-20-19-17(14)13(9-21-23-19)12-5-3-4-6-15(12)22-18/h3-9,18,22H,1-2H3,(H,20,23). The molecule has 5 rings (SSSR count). The Balaban J connectivity index is 1.85. The highest BCUT2D eigenvalue weighted by Crippen LogP contribution is 2.44. The molecule has 0 aliphatic carbocycles. The second-order valence-corrected chi connectivity index (χ2v) is 7.52. The lowest BCUT2D eigenvalue weighted by Gasteiger charge is -2.17. The second kappa shape index (κ2) is 4.92. The van der Waals surface area contributed by atoms with Crippen molar-refractivity contribution in [1.82, 2.24) is 15.2 Å². The van der Waals surface area contributed by atoms with Crippen LogP contribution in [0.5, 0.6) is 0 Å². The number of benzene rings is 1. The van der Waals surface area contributed by atoms with Crippen molar-refractivity contribution in [3.63, 3.8) is 0 Å². The first-order valence-electron chi connectivity index (χ1n) is 7.98. The highest BCUT2D eigenvalue weighted by Gasteiger charge is 2.27. The van der Waals surface area contributed by atoms with E-state index in [0.717, 1.165) is 22.3 Å². The Bertz CT molecular complexity index is 1060. The summed E-state index contributed by atoms with van der Waals surface area (Å²) in [4.78, 5) is 5.98. The molecular weight excluding hydrogens is 316 g/mol. The number of anilines is 1. The minimum Gasteiger partial charge on any atom is -0.373 e. The number of nitrogens with zero attached hydrogens (tertiary/aromatic N) is 2. The number of thiophene rings is 1. The molecule has 1 unspecified atom stereocenters. The summed E-state index contributed by atoms with van der Waals surface area (Å²) in [7, 11) is 0. The van der Waals surface area contributed by atoms with E-state index in [1.807, 2.05) is 17.5 Å². The average Bonchev–Trinajstić information content (AvgIpc) is 3.12. The summed E-state index contributed by atoms with van der Waals surface area (Å²) in [5, 5.41) is 13.4. The van der Waals surface area contributed by atoms with Gasteiger partial charge in [0.05, 0.1) is 12.2 Å². The fourth-order valence-corrected chi connectivity index (χ4v) is 4.59. The molecule has 24 heavy (non-hydrogen) atoms. The van der Waals surface area contributed by atoms with Crippen LogP contribution in [0.2, 0.25) is 0 Å². The molecular formula is C19H16N4S. The Morgan fingerprint density at radius 3 is 2.83 bits per heavy atom. The van der Waals surface area contributed by atoms with Crippen LogP contribution in [0.1, 0.15) is 26.9 Å². The minimum atomic E-state index is 0.114. The van der Waals surface area contributed by atoms with Gasteiger partial charge in [0.15, 0.2) is 5.65 Å². The van der Waals surface area contributed by atoms with Crippen molar-refractivity contribution in [2.24, 2.45) is 0 Å². The van der Waals surface area contributed by atoms with Gasteiger partial charge in [-0.3, -0.25) is 0 Å². The molecule has 5 heteroatoms. The number of H-pyrrole nitrogens is 1. The van der Waals surface area contributed by atoms with Crippen molar-refractivity contribution in [3.05, 3.63) is 63.6 Å². The molecule has 0 radical (unpaired) electrons. The lowest BCUT2D eigenvalue weighted by atomic mass is 10.0. The molecule has 0 amide bonds. The summed E-state index contributed by atoms with van der Waals surface area (Å²) in [5.74, 6) is 0. The Hall–Kier alpha value is -2.66. The van der Waals surface area contributed by atoms with Crippen LogP contribution in [0.15, 0.2) is 42.7 Å². The van der Waals surface area contributed by atoms with E-state index >= 15 is 0 Å². The number of hydrogen-bond acceptors (Lipinski definition) is 4. The van der Waals surface area contributed by atoms with Gasteiger partial charge in [0.25, 0.3) is 0 Å². The molecule has 118 valence electrons. The molecule has 2 N–H and O–H groups in total. The van der Waals surface area contributed by atoms with Gasteiger partial charge in [-0.15, -0.1) is 16.4 Å². The summed E-state index contributed by atoms with van der Waals surface area (Å²) in [6.45, 7) is 4.35. The van der Waals surface area contributed by atoms with Gasteiger partial charge >= 0.3 is 0 Å². The van der Waals surface area contributed by atoms with Gasteiger partial charge in [0.2, 0.25) is 0 Å². The van der Waals surface area contributed by atoms with Crippen LogP contribution in [0.3, 0.4) is 0 Å². The Labute approximate surface area is 143 Å². The third-order valence-electron chi connectivity index (χ3n) is 4.80. The number of para-hydroxylation sites is 1. The summed E-state index contributed by atoms with van der Waals surface area (Å²) >= 11 is 1.85. The van der Waals surface area contributed by atoms with Crippen LogP contribution in [0, 0.1) is 13.8 Å². The van der Waals surface area contributed by atoms with Crippen molar-refractivity contribution >= 4 is 28.1 Å². The van der Waals surface area contributed by atoms with Crippen molar-refractivity contribution in [2.45, 2.75) is 19.9 Å². The van der Waals surface area contributed by atoms with Crippen molar-refractivity contribution < 1.29 is 0 Å². The number of nitrogens with one attached hydrogen (secondary N) is 2. The van der Waals surface area contributed by atoms with Gasteiger partial charge in [-0.05, 0) is 31.5 Å². The van der Waals surface area contributed by atoms with Crippen molar-refractivity contribution in [3.8, 4) is 11.1 Å². The fourth-order valence-electron chi connectivity index (χ4n) is 3.48. The molecule has 1 aliphatic heterocycles. The van der Waals surface area contributed by atoms with Gasteiger partial charge in [-0.25, -0.2) is 0 Å². The first-order chi connectivity index (χ1) is 11.7. The number of aromatic amines is 1. The van der Waals surface area contributed by atoms with E-state index in [2.05, 4.69) is 70.9 Å². The van der Waals surface area contributed by atoms with E-state index < -0.39 is 0 Å². The number of fused-ring (bicyclic) bond motifs is 2. The van der Waals surface area contributed by atoms with E-state index in [9.17, 15) is 0 Å². The molecule has 0 saturated carbocycles. The van der Waals surface area contributed by atoms with Crippen molar-refractivity contribution in [1.29, 1.82) is 0 Å². The molecule has 0 fully saturated rings. The van der Waals surface area contributed by atoms with E-state index in [4.69, 9.17) is 0 Å². The molecule has 3 aromatic heterocycles. The van der Waals surface area contributed by atoms with Gasteiger partial charge < -0.3 is 10.3 Å². The molecule has 1 aromatic carbocycles. The van der Waals surface area contributed by atoms with Gasteiger partial charge in [-0.1, -0.05) is 18.2 Å². The lowest BCUT2D eigenvalue weighted by Crippen LogP contribution is -2.09. The number of hydrogen-bond donors (Lipinski definition) is 2. The van der Waals surface area contributed by atoms with Crippen LogP contribution in [0.25, 0.3) is 22.2 Å². The van der Waals surface area contributed by atoms with Gasteiger partial charge in [0, 0.05) is 43.7 Å². The Kier molecular flexibility index (Phi) is 2.82. The SMILES string of the molecule is Cc1cc(C2Nc3ccccc3-c3cnnc4[nH]cc2c34)sc1C. The predicted molar refractivity (Wildman–Crippen MR) is 98.6 cm³/mol. The quantitative estimate of drug-likeness (QED) is 0.525. The number of aromatic nitrogens is 3. The number of aryl methyl sites for hydroxylation is 2. The molecule has 1 aliphatic rings. The second-order valence-electron chi connectivity index (χ2n) is 6.24. The largest absolute Gasteiger partial charge is 0.373 e. The predicted octanol–water partition coefficient (Wildman–Crippen LogP) is 4.82. The van der Waals surface area contributed by atoms with Gasteiger partial charge in [0.1, 0.15) is 0 Å². The van der Waals surface area contributed by atoms with E-state index in [1.165, 1.54) is 26.4 Å². The molecule has 0 saturated heterocycles. The van der Waals surface area contributed by atoms with E-state index in [1.54, 1.807) is 0 Å². The highest BCUT2D eigenvalue weighted by atomic mass is 32.1. The van der Waals surface area contributed by atoms with Crippen molar-refractivity contribution in [2.75, 3.05) is 5.32 Å². The molecule has 0 bridgehead atoms.